The number of methoxy groups -OCH3 is 1. The lowest BCUT2D eigenvalue weighted by molar-refractivity contribution is 0.0786. The summed E-state index contributed by atoms with van der Waals surface area (Å²) in [5.74, 6) is -2.20. The highest BCUT2D eigenvalue weighted by Gasteiger charge is 2.24. The first kappa shape index (κ1) is 29.4. The Kier molecular flexibility index (Phi) is 7.64. The van der Waals surface area contributed by atoms with E-state index in [1.54, 1.807) is 39.1 Å². The van der Waals surface area contributed by atoms with Crippen LogP contribution in [0.2, 0.25) is 10.0 Å². The third kappa shape index (κ3) is 5.40. The summed E-state index contributed by atoms with van der Waals surface area (Å²) in [7, 11) is 3.00. The number of halogens is 4. The highest BCUT2D eigenvalue weighted by Crippen LogP contribution is 2.38. The molecular formula is C28H24Cl2F2N6O4. The Bertz CT molecular complexity index is 1960. The van der Waals surface area contributed by atoms with Crippen molar-refractivity contribution in [1.82, 2.24) is 28.9 Å². The minimum atomic E-state index is -1.22. The molecule has 1 N–H and O–H groups in total. The van der Waals surface area contributed by atoms with Crippen molar-refractivity contribution < 1.29 is 18.6 Å². The highest BCUT2D eigenvalue weighted by atomic mass is 35.5. The maximum atomic E-state index is 14.3. The predicted octanol–water partition coefficient (Wildman–Crippen LogP) is 4.27. The second kappa shape index (κ2) is 10.9. The Hall–Kier alpha value is -4.13. The quantitative estimate of drug-likeness (QED) is 0.271. The molecular weight excluding hydrogens is 593 g/mol. The monoisotopic (exact) mass is 616 g/mol. The number of ether oxygens (including phenoxy) is 1. The minimum Gasteiger partial charge on any atom is -0.481 e. The predicted molar refractivity (Wildman–Crippen MR) is 153 cm³/mol. The molecule has 0 spiro atoms. The van der Waals surface area contributed by atoms with E-state index in [0.29, 0.717) is 21.7 Å². The maximum Gasteiger partial charge on any atom is 0.332 e. The van der Waals surface area contributed by atoms with Crippen LogP contribution in [0, 0.1) is 11.6 Å². The van der Waals surface area contributed by atoms with Gasteiger partial charge in [0.1, 0.15) is 6.33 Å². The van der Waals surface area contributed by atoms with Crippen molar-refractivity contribution >= 4 is 34.2 Å². The van der Waals surface area contributed by atoms with Crippen LogP contribution in [-0.2, 0) is 25.7 Å². The van der Waals surface area contributed by atoms with E-state index in [9.17, 15) is 23.5 Å². The molecule has 0 unspecified atom stereocenters. The Morgan fingerprint density at radius 3 is 2.36 bits per heavy atom. The zero-order valence-corrected chi connectivity index (χ0v) is 24.3. The average Bonchev–Trinajstić information content (AvgIpc) is 3.35. The Morgan fingerprint density at radius 2 is 1.74 bits per heavy atom. The zero-order valence-electron chi connectivity index (χ0n) is 22.8. The van der Waals surface area contributed by atoms with Gasteiger partial charge in [-0.25, -0.2) is 23.5 Å². The van der Waals surface area contributed by atoms with Gasteiger partial charge in [-0.15, -0.1) is 0 Å². The summed E-state index contributed by atoms with van der Waals surface area (Å²) < 4.78 is 37.2. The molecule has 14 heteroatoms. The molecule has 10 nitrogen and oxygen atoms in total. The smallest absolute Gasteiger partial charge is 0.332 e. The first-order valence-corrected chi connectivity index (χ1v) is 13.3. The highest BCUT2D eigenvalue weighted by molar-refractivity contribution is 6.33. The number of fused-ring (bicyclic) bond motifs is 1. The van der Waals surface area contributed by atoms with E-state index in [-0.39, 0.29) is 41.4 Å². The Balaban J connectivity index is 1.82. The number of hydrogen-bond donors (Lipinski definition) is 1. The van der Waals surface area contributed by atoms with E-state index >= 15 is 0 Å². The summed E-state index contributed by atoms with van der Waals surface area (Å²) in [6.45, 7) is 2.64. The molecule has 0 amide bonds. The third-order valence-corrected chi connectivity index (χ3v) is 7.26. The molecule has 0 saturated carbocycles. The van der Waals surface area contributed by atoms with E-state index in [1.165, 1.54) is 34.8 Å². The standard InChI is InChI=1S/C28H24Cl2F2N6O4/c1-28(2,41)15-5-6-18(29)16(9-15)17-10-21-24(34-25(17)42-4)26(39)38(12-22-33-13-36(3)35-22)27(40)37(21)11-14-7-19(30)23(32)20(31)8-14/h5-10,13,41H,11-12H2,1-4H3. The molecule has 0 radical (unpaired) electrons. The summed E-state index contributed by atoms with van der Waals surface area (Å²) in [6.07, 6.45) is 1.42. The molecule has 5 aromatic rings. The lowest BCUT2D eigenvalue weighted by Gasteiger charge is -2.20. The van der Waals surface area contributed by atoms with Gasteiger partial charge in [-0.05, 0) is 55.3 Å². The van der Waals surface area contributed by atoms with Crippen LogP contribution in [0.4, 0.5) is 8.78 Å². The summed E-state index contributed by atoms with van der Waals surface area (Å²) >= 11 is 12.4. The lowest BCUT2D eigenvalue weighted by atomic mass is 9.94. The van der Waals surface area contributed by atoms with Crippen LogP contribution >= 0.6 is 23.2 Å². The number of pyridine rings is 1. The summed E-state index contributed by atoms with van der Waals surface area (Å²) in [6, 6.07) is 8.53. The molecule has 3 aromatic heterocycles. The number of aliphatic hydroxyl groups is 1. The fourth-order valence-electron chi connectivity index (χ4n) is 4.55. The fourth-order valence-corrected chi connectivity index (χ4v) is 4.99. The summed E-state index contributed by atoms with van der Waals surface area (Å²) in [5.41, 5.74) is -1.39. The van der Waals surface area contributed by atoms with Crippen LogP contribution in [0.5, 0.6) is 5.88 Å². The molecule has 0 atom stereocenters. The van der Waals surface area contributed by atoms with Crippen molar-refractivity contribution in [3.05, 3.63) is 102 Å². The van der Waals surface area contributed by atoms with Crippen molar-refractivity contribution in [2.24, 2.45) is 7.05 Å². The van der Waals surface area contributed by atoms with E-state index in [4.69, 9.17) is 27.9 Å². The van der Waals surface area contributed by atoms with Crippen LogP contribution in [0.3, 0.4) is 0 Å². The van der Waals surface area contributed by atoms with Gasteiger partial charge in [0.15, 0.2) is 23.0 Å². The maximum absolute atomic E-state index is 14.3. The van der Waals surface area contributed by atoms with Gasteiger partial charge in [0.2, 0.25) is 5.88 Å². The van der Waals surface area contributed by atoms with Crippen molar-refractivity contribution in [2.75, 3.05) is 7.11 Å². The molecule has 0 saturated heterocycles. The number of rotatable bonds is 7. The Labute approximate surface area is 247 Å². The Morgan fingerprint density at radius 1 is 1.00 bits per heavy atom. The number of aryl methyl sites for hydroxylation is 1. The number of benzene rings is 2. The first-order chi connectivity index (χ1) is 19.8. The number of hydrogen-bond acceptors (Lipinski definition) is 7. The van der Waals surface area contributed by atoms with Crippen molar-refractivity contribution in [3.8, 4) is 17.0 Å². The minimum absolute atomic E-state index is 0.0259. The van der Waals surface area contributed by atoms with Gasteiger partial charge in [-0.3, -0.25) is 18.6 Å². The zero-order chi connectivity index (χ0) is 30.5. The fraction of sp³-hybridized carbons (Fsp3) is 0.250. The van der Waals surface area contributed by atoms with Gasteiger partial charge >= 0.3 is 5.69 Å². The van der Waals surface area contributed by atoms with Gasteiger partial charge in [-0.1, -0.05) is 29.3 Å². The lowest BCUT2D eigenvalue weighted by Crippen LogP contribution is -2.41. The van der Waals surface area contributed by atoms with Crippen LogP contribution in [0.15, 0.2) is 52.3 Å². The summed E-state index contributed by atoms with van der Waals surface area (Å²) in [4.78, 5) is 36.1. The molecule has 0 bridgehead atoms. The summed E-state index contributed by atoms with van der Waals surface area (Å²) in [5, 5.41) is 14.6. The van der Waals surface area contributed by atoms with E-state index in [2.05, 4.69) is 15.1 Å². The third-order valence-electron chi connectivity index (χ3n) is 6.65. The SMILES string of the molecule is COc1nc2c(=O)n(Cc3ncn(C)n3)c(=O)n(Cc3cc(F)c(F)c(Cl)c3)c2cc1-c1cc(C(C)(C)O)ccc1Cl. The van der Waals surface area contributed by atoms with Crippen LogP contribution < -0.4 is 16.0 Å². The molecule has 42 heavy (non-hydrogen) atoms. The average molecular weight is 617 g/mol. The van der Waals surface area contributed by atoms with E-state index < -0.39 is 33.5 Å². The van der Waals surface area contributed by atoms with Crippen LogP contribution in [0.25, 0.3) is 22.2 Å². The van der Waals surface area contributed by atoms with Crippen molar-refractivity contribution in [1.29, 1.82) is 0 Å². The van der Waals surface area contributed by atoms with Gasteiger partial charge in [-0.2, -0.15) is 5.10 Å². The number of nitrogens with zero attached hydrogens (tertiary/aromatic N) is 6. The van der Waals surface area contributed by atoms with Gasteiger partial charge in [0.25, 0.3) is 5.56 Å². The van der Waals surface area contributed by atoms with Crippen molar-refractivity contribution in [3.63, 3.8) is 0 Å². The van der Waals surface area contributed by atoms with Crippen molar-refractivity contribution in [2.45, 2.75) is 32.5 Å². The molecule has 2 aromatic carbocycles. The largest absolute Gasteiger partial charge is 0.481 e. The van der Waals surface area contributed by atoms with Crippen LogP contribution in [-0.4, -0.2) is 41.1 Å². The molecule has 0 fully saturated rings. The van der Waals surface area contributed by atoms with Gasteiger partial charge < -0.3 is 9.84 Å². The molecule has 0 aliphatic carbocycles. The normalized spacial score (nSPS) is 11.8. The second-order valence-corrected chi connectivity index (χ2v) is 10.9. The van der Waals surface area contributed by atoms with Gasteiger partial charge in [0, 0.05) is 23.2 Å². The first-order valence-electron chi connectivity index (χ1n) is 12.5. The molecule has 0 aliphatic heterocycles. The van der Waals surface area contributed by atoms with Crippen LogP contribution in [0.1, 0.15) is 30.8 Å². The topological polar surface area (TPSA) is 117 Å². The second-order valence-electron chi connectivity index (χ2n) is 10.1. The van der Waals surface area contributed by atoms with E-state index in [0.717, 1.165) is 10.6 Å². The molecule has 0 aliphatic rings. The molecule has 218 valence electrons. The van der Waals surface area contributed by atoms with E-state index in [1.807, 2.05) is 0 Å². The molecule has 3 heterocycles. The van der Waals surface area contributed by atoms with Gasteiger partial charge in [0.05, 0.1) is 36.3 Å². The molecule has 5 rings (SSSR count). The number of aromatic nitrogens is 6.